The summed E-state index contributed by atoms with van der Waals surface area (Å²) >= 11 is 0. The monoisotopic (exact) mass is 364 g/mol. The van der Waals surface area contributed by atoms with Gasteiger partial charge in [0.2, 0.25) is 0 Å². The molecule has 0 unspecified atom stereocenters. The molecule has 0 spiro atoms. The highest BCUT2D eigenvalue weighted by atomic mass is 16.5. The lowest BCUT2D eigenvalue weighted by molar-refractivity contribution is 0.0950. The predicted molar refractivity (Wildman–Crippen MR) is 103 cm³/mol. The van der Waals surface area contributed by atoms with E-state index in [-0.39, 0.29) is 5.91 Å². The number of aromatic amines is 1. The molecule has 0 saturated heterocycles. The Kier molecular flexibility index (Phi) is 5.51. The van der Waals surface area contributed by atoms with Crippen molar-refractivity contribution in [1.29, 1.82) is 0 Å². The topological polar surface area (TPSA) is 88.6 Å². The van der Waals surface area contributed by atoms with E-state index in [1.54, 1.807) is 32.4 Å². The van der Waals surface area contributed by atoms with Gasteiger partial charge >= 0.3 is 0 Å². The molecule has 0 fully saturated rings. The number of hydrazone groups is 1. The molecule has 0 saturated carbocycles. The van der Waals surface area contributed by atoms with Crippen LogP contribution in [0.3, 0.4) is 0 Å². The number of hydrogen-bond acceptors (Lipinski definition) is 5. The normalized spacial score (nSPS) is 11.1. The molecule has 3 rings (SSSR count). The van der Waals surface area contributed by atoms with Crippen molar-refractivity contribution < 1.29 is 14.3 Å². The van der Waals surface area contributed by atoms with Crippen molar-refractivity contribution >= 4 is 11.6 Å². The van der Waals surface area contributed by atoms with E-state index < -0.39 is 0 Å². The standard InChI is InChI=1S/C20H20N4O3/c1-13(14-7-5-4-6-8-14)21-24-20(25)17-12-16(22-23-17)15-9-10-18(26-2)19(11-15)27-3/h4-12H,1-3H3,(H,22,23)(H,24,25)/b21-13+. The molecule has 3 aromatic rings. The number of nitrogens with one attached hydrogen (secondary N) is 2. The number of carbonyl (C=O) groups excluding carboxylic acids is 1. The smallest absolute Gasteiger partial charge is 0.289 e. The third-order valence-corrected chi connectivity index (χ3v) is 4.02. The first-order valence-electron chi connectivity index (χ1n) is 8.30. The van der Waals surface area contributed by atoms with Crippen LogP contribution in [0.1, 0.15) is 23.0 Å². The quantitative estimate of drug-likeness (QED) is 0.519. The van der Waals surface area contributed by atoms with Gasteiger partial charge in [-0.15, -0.1) is 0 Å². The van der Waals surface area contributed by atoms with Gasteiger partial charge in [-0.2, -0.15) is 10.2 Å². The third kappa shape index (κ3) is 4.14. The Balaban J connectivity index is 1.74. The molecular formula is C20H20N4O3. The van der Waals surface area contributed by atoms with E-state index in [1.807, 2.05) is 43.3 Å². The van der Waals surface area contributed by atoms with Gasteiger partial charge in [0.25, 0.3) is 5.91 Å². The number of nitrogens with zero attached hydrogens (tertiary/aromatic N) is 2. The zero-order chi connectivity index (χ0) is 19.2. The van der Waals surface area contributed by atoms with Gasteiger partial charge in [-0.05, 0) is 36.8 Å². The Morgan fingerprint density at radius 3 is 2.48 bits per heavy atom. The van der Waals surface area contributed by atoms with Gasteiger partial charge in [0, 0.05) is 5.56 Å². The predicted octanol–water partition coefficient (Wildman–Crippen LogP) is 3.25. The van der Waals surface area contributed by atoms with Crippen molar-refractivity contribution in [3.63, 3.8) is 0 Å². The lowest BCUT2D eigenvalue weighted by Gasteiger charge is -2.08. The van der Waals surface area contributed by atoms with Crippen molar-refractivity contribution in [2.24, 2.45) is 5.10 Å². The maximum Gasteiger partial charge on any atom is 0.289 e. The Morgan fingerprint density at radius 1 is 1.04 bits per heavy atom. The van der Waals surface area contributed by atoms with Gasteiger partial charge in [-0.3, -0.25) is 9.89 Å². The second-order valence-electron chi connectivity index (χ2n) is 5.74. The summed E-state index contributed by atoms with van der Waals surface area (Å²) in [5.74, 6) is 0.845. The molecule has 1 amide bonds. The molecular weight excluding hydrogens is 344 g/mol. The van der Waals surface area contributed by atoms with Crippen LogP contribution in [0.25, 0.3) is 11.3 Å². The van der Waals surface area contributed by atoms with Crippen molar-refractivity contribution in [2.45, 2.75) is 6.92 Å². The minimum atomic E-state index is -0.371. The second-order valence-corrected chi connectivity index (χ2v) is 5.74. The number of H-pyrrole nitrogens is 1. The molecule has 1 heterocycles. The summed E-state index contributed by atoms with van der Waals surface area (Å²) in [6, 6.07) is 16.7. The third-order valence-electron chi connectivity index (χ3n) is 4.02. The van der Waals surface area contributed by atoms with Crippen LogP contribution in [-0.4, -0.2) is 36.0 Å². The van der Waals surface area contributed by atoms with Crippen molar-refractivity contribution in [3.8, 4) is 22.8 Å². The number of aromatic nitrogens is 2. The number of amides is 1. The van der Waals surface area contributed by atoms with Crippen LogP contribution in [0, 0.1) is 0 Å². The molecule has 2 aromatic carbocycles. The zero-order valence-corrected chi connectivity index (χ0v) is 15.3. The van der Waals surface area contributed by atoms with Crippen LogP contribution in [0.2, 0.25) is 0 Å². The van der Waals surface area contributed by atoms with Gasteiger partial charge in [-0.25, -0.2) is 5.43 Å². The molecule has 27 heavy (non-hydrogen) atoms. The summed E-state index contributed by atoms with van der Waals surface area (Å²) in [5.41, 5.74) is 5.91. The van der Waals surface area contributed by atoms with E-state index in [0.717, 1.165) is 11.1 Å². The first-order valence-corrected chi connectivity index (χ1v) is 8.30. The summed E-state index contributed by atoms with van der Waals surface area (Å²) in [5, 5.41) is 11.1. The minimum absolute atomic E-state index is 0.310. The van der Waals surface area contributed by atoms with E-state index in [1.165, 1.54) is 0 Å². The molecule has 0 aliphatic rings. The Morgan fingerprint density at radius 2 is 1.78 bits per heavy atom. The molecule has 0 aliphatic carbocycles. The first kappa shape index (κ1) is 18.2. The zero-order valence-electron chi connectivity index (χ0n) is 15.3. The molecule has 138 valence electrons. The number of ether oxygens (including phenoxy) is 2. The van der Waals surface area contributed by atoms with Gasteiger partial charge in [-0.1, -0.05) is 30.3 Å². The molecule has 0 atom stereocenters. The first-order chi connectivity index (χ1) is 13.1. The minimum Gasteiger partial charge on any atom is -0.493 e. The molecule has 7 heteroatoms. The van der Waals surface area contributed by atoms with E-state index >= 15 is 0 Å². The number of rotatable bonds is 6. The summed E-state index contributed by atoms with van der Waals surface area (Å²) in [4.78, 5) is 12.3. The van der Waals surface area contributed by atoms with Gasteiger partial charge in [0.15, 0.2) is 11.5 Å². The van der Waals surface area contributed by atoms with Crippen LogP contribution < -0.4 is 14.9 Å². The number of methoxy groups -OCH3 is 2. The van der Waals surface area contributed by atoms with Crippen molar-refractivity contribution in [3.05, 3.63) is 65.9 Å². The molecule has 2 N–H and O–H groups in total. The van der Waals surface area contributed by atoms with Crippen LogP contribution in [-0.2, 0) is 0 Å². The van der Waals surface area contributed by atoms with Crippen molar-refractivity contribution in [1.82, 2.24) is 15.6 Å². The highest BCUT2D eigenvalue weighted by Crippen LogP contribution is 2.31. The summed E-state index contributed by atoms with van der Waals surface area (Å²) in [7, 11) is 3.14. The highest BCUT2D eigenvalue weighted by molar-refractivity contribution is 6.00. The summed E-state index contributed by atoms with van der Waals surface area (Å²) in [6.07, 6.45) is 0. The Hall–Kier alpha value is -3.61. The van der Waals surface area contributed by atoms with Crippen LogP contribution in [0.15, 0.2) is 59.7 Å². The van der Waals surface area contributed by atoms with E-state index in [0.29, 0.717) is 28.6 Å². The average molecular weight is 364 g/mol. The fraction of sp³-hybridized carbons (Fsp3) is 0.150. The Labute approximate surface area is 157 Å². The van der Waals surface area contributed by atoms with Crippen LogP contribution >= 0.6 is 0 Å². The lowest BCUT2D eigenvalue weighted by Crippen LogP contribution is -2.19. The maximum absolute atomic E-state index is 12.3. The number of hydrogen-bond donors (Lipinski definition) is 2. The molecule has 0 radical (unpaired) electrons. The largest absolute Gasteiger partial charge is 0.493 e. The molecule has 0 bridgehead atoms. The van der Waals surface area contributed by atoms with Crippen LogP contribution in [0.4, 0.5) is 0 Å². The summed E-state index contributed by atoms with van der Waals surface area (Å²) in [6.45, 7) is 1.83. The van der Waals surface area contributed by atoms with E-state index in [9.17, 15) is 4.79 Å². The van der Waals surface area contributed by atoms with E-state index in [4.69, 9.17) is 9.47 Å². The maximum atomic E-state index is 12.3. The molecule has 0 aliphatic heterocycles. The number of carbonyl (C=O) groups is 1. The SMILES string of the molecule is COc1ccc(-c2cc(C(=O)N/N=C(\C)c3ccccc3)[nH]n2)cc1OC. The average Bonchev–Trinajstić information content (AvgIpc) is 3.22. The van der Waals surface area contributed by atoms with Crippen LogP contribution in [0.5, 0.6) is 11.5 Å². The van der Waals surface area contributed by atoms with E-state index in [2.05, 4.69) is 20.7 Å². The molecule has 1 aromatic heterocycles. The van der Waals surface area contributed by atoms with Gasteiger partial charge in [0.05, 0.1) is 25.6 Å². The second kappa shape index (κ2) is 8.18. The number of benzene rings is 2. The fourth-order valence-electron chi connectivity index (χ4n) is 2.52. The summed E-state index contributed by atoms with van der Waals surface area (Å²) < 4.78 is 10.5. The Bertz CT molecular complexity index is 964. The van der Waals surface area contributed by atoms with Crippen molar-refractivity contribution in [2.75, 3.05) is 14.2 Å². The fourth-order valence-corrected chi connectivity index (χ4v) is 2.52. The molecule has 7 nitrogen and oxygen atoms in total. The van der Waals surface area contributed by atoms with Gasteiger partial charge < -0.3 is 9.47 Å². The van der Waals surface area contributed by atoms with Gasteiger partial charge in [0.1, 0.15) is 5.69 Å². The lowest BCUT2D eigenvalue weighted by atomic mass is 10.1. The highest BCUT2D eigenvalue weighted by Gasteiger charge is 2.13.